The Balaban J connectivity index is 1.53. The minimum atomic E-state index is -2.86. The van der Waals surface area contributed by atoms with Crippen LogP contribution in [0.2, 0.25) is 0 Å². The Morgan fingerprint density at radius 3 is 2.33 bits per heavy atom. The molecule has 1 aliphatic heterocycles. The van der Waals surface area contributed by atoms with E-state index < -0.39 is 71.8 Å². The Morgan fingerprint density at radius 1 is 1.10 bits per heavy atom. The summed E-state index contributed by atoms with van der Waals surface area (Å²) in [5.74, 6) is -6.21. The zero-order valence-corrected chi connectivity index (χ0v) is 28.2. The van der Waals surface area contributed by atoms with Crippen molar-refractivity contribution in [2.45, 2.75) is 109 Å². The van der Waals surface area contributed by atoms with Crippen LogP contribution < -0.4 is 21.7 Å². The Labute approximate surface area is 278 Å². The molecule has 264 valence electrons. The fraction of sp³-hybridized carbons (Fsp3) is 0.618. The summed E-state index contributed by atoms with van der Waals surface area (Å²) in [6.45, 7) is 8.42. The average Bonchev–Trinajstić information content (AvgIpc) is 3.54. The smallest absolute Gasteiger partial charge is 0.257 e. The summed E-state index contributed by atoms with van der Waals surface area (Å²) in [5.41, 5.74) is 5.74. The summed E-state index contributed by atoms with van der Waals surface area (Å²) < 4.78 is 48.1. The number of nitrogens with one attached hydrogen (secondary N) is 3. The molecule has 3 atom stereocenters. The van der Waals surface area contributed by atoms with E-state index in [1.165, 1.54) is 29.4 Å². The minimum absolute atomic E-state index is 0.0912. The van der Waals surface area contributed by atoms with E-state index in [0.29, 0.717) is 24.3 Å². The van der Waals surface area contributed by atoms with Crippen LogP contribution in [0.3, 0.4) is 0 Å². The first kappa shape index (κ1) is 36.9. The SMILES string of the molecule is CCC(=O)N[C@@H](C(=O)N1CCC(F)(F)CC1)[C@@H](C)c1ccc(NC(=O)[C@@H](NC(=O)c2conc2C(C)(C)N)C2CCC(C)CC2)c(F)c1. The standard InChI is InChI=1S/C34H47F3N6O5/c1-6-26(44)40-27(32(47)43-15-13-34(36,37)14-16-43)20(3)22-11-12-25(24(35)17-22)39-31(46)28(21-9-7-19(2)8-10-21)41-30(45)23-18-48-42-29(23)33(4,5)38/h11-12,17-21,27-28H,6-10,13-16,38H2,1-5H3,(H,39,46)(H,40,44)(H,41,45)/t19?,20-,21?,27+,28-/m0/s1. The van der Waals surface area contributed by atoms with Crippen LogP contribution in [0.15, 0.2) is 29.0 Å². The Hall–Kier alpha value is -3.94. The molecule has 1 saturated heterocycles. The van der Waals surface area contributed by atoms with Crippen molar-refractivity contribution in [3.63, 3.8) is 0 Å². The number of hydrogen-bond donors (Lipinski definition) is 4. The molecule has 1 aliphatic carbocycles. The number of carbonyl (C=O) groups is 4. The summed E-state index contributed by atoms with van der Waals surface area (Å²) in [6.07, 6.45) is 3.43. The highest BCUT2D eigenvalue weighted by molar-refractivity contribution is 6.02. The number of halogens is 3. The highest BCUT2D eigenvalue weighted by atomic mass is 19.3. The van der Waals surface area contributed by atoms with Crippen LogP contribution in [0.25, 0.3) is 0 Å². The van der Waals surface area contributed by atoms with Crippen LogP contribution in [-0.4, -0.2) is 64.8 Å². The molecule has 2 aromatic rings. The fourth-order valence-electron chi connectivity index (χ4n) is 6.34. The fourth-order valence-corrected chi connectivity index (χ4v) is 6.34. The number of aromatic nitrogens is 1. The van der Waals surface area contributed by atoms with Gasteiger partial charge in [0.25, 0.3) is 11.8 Å². The van der Waals surface area contributed by atoms with E-state index in [1.807, 2.05) is 0 Å². The highest BCUT2D eigenvalue weighted by Crippen LogP contribution is 2.33. The van der Waals surface area contributed by atoms with Gasteiger partial charge in [0.05, 0.1) is 11.2 Å². The minimum Gasteiger partial charge on any atom is -0.364 e. The molecule has 11 nitrogen and oxygen atoms in total. The van der Waals surface area contributed by atoms with Crippen LogP contribution >= 0.6 is 0 Å². The van der Waals surface area contributed by atoms with Gasteiger partial charge in [-0.15, -0.1) is 0 Å². The molecule has 4 amide bonds. The lowest BCUT2D eigenvalue weighted by atomic mass is 9.79. The zero-order valence-electron chi connectivity index (χ0n) is 28.2. The normalized spacial score (nSPS) is 21.5. The molecule has 0 spiro atoms. The molecular formula is C34H47F3N6O5. The van der Waals surface area contributed by atoms with Crippen molar-refractivity contribution >= 4 is 29.3 Å². The molecule has 1 aromatic heterocycles. The van der Waals surface area contributed by atoms with Gasteiger partial charge in [-0.25, -0.2) is 13.2 Å². The lowest BCUT2D eigenvalue weighted by Gasteiger charge is -2.36. The van der Waals surface area contributed by atoms with Gasteiger partial charge in [-0.3, -0.25) is 19.2 Å². The van der Waals surface area contributed by atoms with Crippen LogP contribution in [0.4, 0.5) is 18.9 Å². The van der Waals surface area contributed by atoms with E-state index in [2.05, 4.69) is 28.0 Å². The van der Waals surface area contributed by atoms with Crippen molar-refractivity contribution in [1.29, 1.82) is 0 Å². The molecule has 0 bridgehead atoms. The maximum Gasteiger partial charge on any atom is 0.257 e. The number of carbonyl (C=O) groups excluding carboxylic acids is 4. The van der Waals surface area contributed by atoms with Gasteiger partial charge in [0.15, 0.2) is 0 Å². The first-order valence-corrected chi connectivity index (χ1v) is 16.6. The molecule has 2 heterocycles. The third-order valence-corrected chi connectivity index (χ3v) is 9.51. The summed E-state index contributed by atoms with van der Waals surface area (Å²) in [7, 11) is 0. The van der Waals surface area contributed by atoms with Gasteiger partial charge in [-0.05, 0) is 56.2 Å². The predicted octanol–water partition coefficient (Wildman–Crippen LogP) is 4.83. The zero-order chi connectivity index (χ0) is 35.4. The van der Waals surface area contributed by atoms with Crippen LogP contribution in [-0.2, 0) is 19.9 Å². The third-order valence-electron chi connectivity index (χ3n) is 9.51. The number of anilines is 1. The van der Waals surface area contributed by atoms with Crippen molar-refractivity contribution in [1.82, 2.24) is 20.7 Å². The number of alkyl halides is 2. The molecule has 4 rings (SSSR count). The topological polar surface area (TPSA) is 160 Å². The number of rotatable bonds is 11. The largest absolute Gasteiger partial charge is 0.364 e. The second-order valence-electron chi connectivity index (χ2n) is 13.9. The molecular weight excluding hydrogens is 629 g/mol. The molecule has 5 N–H and O–H groups in total. The number of benzene rings is 1. The molecule has 0 radical (unpaired) electrons. The first-order valence-electron chi connectivity index (χ1n) is 16.6. The van der Waals surface area contributed by atoms with Crippen LogP contribution in [0, 0.1) is 17.7 Å². The van der Waals surface area contributed by atoms with Crippen molar-refractivity contribution in [3.8, 4) is 0 Å². The second-order valence-corrected chi connectivity index (χ2v) is 13.9. The Bertz CT molecular complexity index is 1470. The molecule has 48 heavy (non-hydrogen) atoms. The average molecular weight is 677 g/mol. The Kier molecular flexibility index (Phi) is 11.6. The highest BCUT2D eigenvalue weighted by Gasteiger charge is 2.40. The van der Waals surface area contributed by atoms with E-state index >= 15 is 4.39 Å². The summed E-state index contributed by atoms with van der Waals surface area (Å²) in [5, 5.41) is 12.0. The maximum atomic E-state index is 15.6. The summed E-state index contributed by atoms with van der Waals surface area (Å²) in [4.78, 5) is 54.2. The lowest BCUT2D eigenvalue weighted by molar-refractivity contribution is -0.142. The van der Waals surface area contributed by atoms with Crippen molar-refractivity contribution in [3.05, 3.63) is 47.1 Å². The molecule has 2 fully saturated rings. The molecule has 14 heteroatoms. The van der Waals surface area contributed by atoms with Gasteiger partial charge in [0.1, 0.15) is 35.4 Å². The first-order chi connectivity index (χ1) is 22.5. The Morgan fingerprint density at radius 2 is 1.75 bits per heavy atom. The predicted molar refractivity (Wildman–Crippen MR) is 173 cm³/mol. The monoisotopic (exact) mass is 676 g/mol. The summed E-state index contributed by atoms with van der Waals surface area (Å²) in [6, 6.07) is 1.97. The van der Waals surface area contributed by atoms with E-state index in [-0.39, 0.29) is 42.4 Å². The quantitative estimate of drug-likeness (QED) is 0.265. The number of nitrogens with zero attached hydrogens (tertiary/aromatic N) is 2. The lowest BCUT2D eigenvalue weighted by Crippen LogP contribution is -2.53. The van der Waals surface area contributed by atoms with Crippen LogP contribution in [0.1, 0.15) is 107 Å². The van der Waals surface area contributed by atoms with E-state index in [1.54, 1.807) is 27.7 Å². The van der Waals surface area contributed by atoms with Gasteiger partial charge in [-0.2, -0.15) is 0 Å². The number of piperidine rings is 1. The molecule has 1 saturated carbocycles. The second kappa shape index (κ2) is 15.1. The van der Waals surface area contributed by atoms with Gasteiger partial charge >= 0.3 is 0 Å². The van der Waals surface area contributed by atoms with Crippen molar-refractivity contribution in [2.75, 3.05) is 18.4 Å². The third kappa shape index (κ3) is 8.94. The van der Waals surface area contributed by atoms with Gasteiger partial charge in [-0.1, -0.05) is 44.8 Å². The number of likely N-dealkylation sites (tertiary alicyclic amines) is 1. The maximum absolute atomic E-state index is 15.6. The van der Waals surface area contributed by atoms with Crippen molar-refractivity contribution in [2.24, 2.45) is 17.6 Å². The number of nitrogens with two attached hydrogens (primary N) is 1. The molecule has 2 aliphatic rings. The summed E-state index contributed by atoms with van der Waals surface area (Å²) >= 11 is 0. The van der Waals surface area contributed by atoms with E-state index in [0.717, 1.165) is 12.8 Å². The molecule has 1 aromatic carbocycles. The van der Waals surface area contributed by atoms with Crippen molar-refractivity contribution < 1.29 is 36.9 Å². The van der Waals surface area contributed by atoms with Crippen LogP contribution in [0.5, 0.6) is 0 Å². The van der Waals surface area contributed by atoms with Gasteiger partial charge in [0.2, 0.25) is 17.7 Å². The number of hydrogen-bond acceptors (Lipinski definition) is 7. The van der Waals surface area contributed by atoms with E-state index in [4.69, 9.17) is 10.3 Å². The van der Waals surface area contributed by atoms with Gasteiger partial charge in [0, 0.05) is 38.3 Å². The molecule has 0 unspecified atom stereocenters. The van der Waals surface area contributed by atoms with Gasteiger partial charge < -0.3 is 31.1 Å². The van der Waals surface area contributed by atoms with E-state index in [9.17, 15) is 28.0 Å². The number of amides is 4.